The topological polar surface area (TPSA) is 118 Å². The zero-order valence-electron chi connectivity index (χ0n) is 12.2. The minimum absolute atomic E-state index is 0.297. The lowest BCUT2D eigenvalue weighted by Crippen LogP contribution is -2.44. The Morgan fingerprint density at radius 3 is 2.15 bits per heavy atom. The summed E-state index contributed by atoms with van der Waals surface area (Å²) < 4.78 is 9.08. The van der Waals surface area contributed by atoms with Gasteiger partial charge in [-0.1, -0.05) is 0 Å². The third-order valence-corrected chi connectivity index (χ3v) is 1.72. The van der Waals surface area contributed by atoms with Gasteiger partial charge in [0.1, 0.15) is 6.54 Å². The summed E-state index contributed by atoms with van der Waals surface area (Å²) in [6.45, 7) is 5.03. The van der Waals surface area contributed by atoms with E-state index in [0.717, 1.165) is 0 Å². The number of nitrogens with zero attached hydrogens (tertiary/aromatic N) is 1. The van der Waals surface area contributed by atoms with Crippen molar-refractivity contribution < 1.29 is 23.9 Å². The van der Waals surface area contributed by atoms with E-state index in [1.807, 2.05) is 0 Å². The van der Waals surface area contributed by atoms with E-state index < -0.39 is 23.6 Å². The van der Waals surface area contributed by atoms with Gasteiger partial charge < -0.3 is 20.1 Å². The Morgan fingerprint density at radius 2 is 1.70 bits per heavy atom. The second-order valence-electron chi connectivity index (χ2n) is 4.69. The molecule has 0 heterocycles. The van der Waals surface area contributed by atoms with E-state index in [2.05, 4.69) is 25.7 Å². The van der Waals surface area contributed by atoms with Crippen LogP contribution in [0.5, 0.6) is 0 Å². The summed E-state index contributed by atoms with van der Waals surface area (Å²) in [6.07, 6.45) is 0. The van der Waals surface area contributed by atoms with Crippen LogP contribution < -0.4 is 16.0 Å². The van der Waals surface area contributed by atoms with E-state index in [-0.39, 0.29) is 12.6 Å². The number of esters is 1. The average Bonchev–Trinajstić information content (AvgIpc) is 2.32. The summed E-state index contributed by atoms with van der Waals surface area (Å²) >= 11 is 0. The van der Waals surface area contributed by atoms with Crippen LogP contribution in [-0.4, -0.2) is 50.4 Å². The van der Waals surface area contributed by atoms with E-state index in [1.54, 1.807) is 20.8 Å². The first-order chi connectivity index (χ1) is 9.17. The van der Waals surface area contributed by atoms with Crippen molar-refractivity contribution >= 4 is 24.1 Å². The second-order valence-corrected chi connectivity index (χ2v) is 4.69. The van der Waals surface area contributed by atoms with Crippen LogP contribution in [0.1, 0.15) is 20.8 Å². The minimum atomic E-state index is -0.750. The Morgan fingerprint density at radius 1 is 1.10 bits per heavy atom. The van der Waals surface area contributed by atoms with Crippen molar-refractivity contribution in [1.29, 1.82) is 0 Å². The number of ether oxygens (including phenoxy) is 2. The van der Waals surface area contributed by atoms with Crippen molar-refractivity contribution in [3.05, 3.63) is 0 Å². The highest BCUT2D eigenvalue weighted by atomic mass is 16.5. The van der Waals surface area contributed by atoms with Gasteiger partial charge in [0.25, 0.3) is 0 Å². The number of hydrogen-bond acceptors (Lipinski definition) is 5. The quantitative estimate of drug-likeness (QED) is 0.374. The molecule has 0 aromatic heterocycles. The van der Waals surface area contributed by atoms with E-state index in [0.29, 0.717) is 0 Å². The lowest BCUT2D eigenvalue weighted by Gasteiger charge is -2.18. The maximum atomic E-state index is 11.5. The molecule has 0 aliphatic rings. The molecule has 0 rings (SSSR count). The average molecular weight is 288 g/mol. The van der Waals surface area contributed by atoms with Gasteiger partial charge in [0, 0.05) is 5.54 Å². The summed E-state index contributed by atoms with van der Waals surface area (Å²) in [5.74, 6) is -0.610. The van der Waals surface area contributed by atoms with Crippen LogP contribution in [0.15, 0.2) is 4.99 Å². The highest BCUT2D eigenvalue weighted by Crippen LogP contribution is 1.98. The molecule has 0 radical (unpaired) electrons. The molecule has 9 nitrogen and oxygen atoms in total. The Bertz CT molecular complexity index is 400. The van der Waals surface area contributed by atoms with Crippen molar-refractivity contribution in [1.82, 2.24) is 16.0 Å². The van der Waals surface area contributed by atoms with Crippen molar-refractivity contribution in [3.8, 4) is 0 Å². The molecule has 0 spiro atoms. The van der Waals surface area contributed by atoms with E-state index in [4.69, 9.17) is 4.74 Å². The van der Waals surface area contributed by atoms with Crippen LogP contribution in [0, 0.1) is 0 Å². The van der Waals surface area contributed by atoms with Gasteiger partial charge in [0.2, 0.25) is 0 Å². The molecule has 0 fully saturated rings. The molecule has 4 amide bonds. The van der Waals surface area contributed by atoms with Crippen molar-refractivity contribution in [2.45, 2.75) is 26.3 Å². The normalized spacial score (nSPS) is 11.3. The van der Waals surface area contributed by atoms with Crippen LogP contribution in [0.2, 0.25) is 0 Å². The molecule has 0 bridgehead atoms. The molecule has 0 unspecified atom stereocenters. The Labute approximate surface area is 117 Å². The van der Waals surface area contributed by atoms with E-state index >= 15 is 0 Å². The number of hydrogen-bond donors (Lipinski definition) is 3. The molecule has 0 aromatic carbocycles. The van der Waals surface area contributed by atoms with Crippen molar-refractivity contribution in [2.24, 2.45) is 4.99 Å². The SMILES string of the molecule is COC(=O)CNC(=O)NC(=NC(=O)NC(C)(C)C)OC. The fraction of sp³-hybridized carbons (Fsp3) is 0.636. The zero-order chi connectivity index (χ0) is 15.8. The van der Waals surface area contributed by atoms with E-state index in [9.17, 15) is 14.4 Å². The number of rotatable bonds is 2. The number of carbonyl (C=O) groups excluding carboxylic acids is 3. The zero-order valence-corrected chi connectivity index (χ0v) is 12.2. The van der Waals surface area contributed by atoms with Crippen molar-refractivity contribution in [3.63, 3.8) is 0 Å². The first kappa shape index (κ1) is 17.7. The molecule has 3 N–H and O–H groups in total. The molecule has 114 valence electrons. The van der Waals surface area contributed by atoms with Gasteiger partial charge in [-0.2, -0.15) is 0 Å². The highest BCUT2D eigenvalue weighted by Gasteiger charge is 2.15. The number of urea groups is 2. The predicted octanol–water partition coefficient (Wildman–Crippen LogP) is -0.0309. The summed E-state index contributed by atoms with van der Waals surface area (Å²) in [6, 6.07) is -1.71. The minimum Gasteiger partial charge on any atom is -0.468 e. The largest absolute Gasteiger partial charge is 0.468 e. The van der Waals surface area contributed by atoms with Gasteiger partial charge >= 0.3 is 24.1 Å². The van der Waals surface area contributed by atoms with Crippen LogP contribution in [0.3, 0.4) is 0 Å². The first-order valence-corrected chi connectivity index (χ1v) is 5.74. The Hall–Kier alpha value is -2.32. The van der Waals surface area contributed by atoms with Gasteiger partial charge in [-0.25, -0.2) is 9.59 Å². The van der Waals surface area contributed by atoms with Crippen LogP contribution in [0.25, 0.3) is 0 Å². The number of methoxy groups -OCH3 is 2. The summed E-state index contributed by atoms with van der Waals surface area (Å²) in [5, 5.41) is 6.94. The van der Waals surface area contributed by atoms with Gasteiger partial charge in [-0.15, -0.1) is 4.99 Å². The fourth-order valence-corrected chi connectivity index (χ4v) is 0.932. The molecule has 9 heteroatoms. The molecule has 20 heavy (non-hydrogen) atoms. The molecular weight excluding hydrogens is 268 g/mol. The molecule has 0 atom stereocenters. The summed E-state index contributed by atoms with van der Waals surface area (Å²) in [5.41, 5.74) is -0.466. The first-order valence-electron chi connectivity index (χ1n) is 5.74. The fourth-order valence-electron chi connectivity index (χ4n) is 0.932. The Kier molecular flexibility index (Phi) is 7.05. The molecule has 0 aliphatic heterocycles. The highest BCUT2D eigenvalue weighted by molar-refractivity contribution is 5.99. The van der Waals surface area contributed by atoms with Crippen LogP contribution in [-0.2, 0) is 14.3 Å². The summed E-state index contributed by atoms with van der Waals surface area (Å²) in [4.78, 5) is 37.2. The standard InChI is InChI=1S/C11H20N4O5/c1-11(2,3)15-9(18)14-10(20-5)13-8(17)12-6-7(16)19-4/h6H2,1-5H3,(H3,12,13,14,15,17,18). The number of amides is 4. The van der Waals surface area contributed by atoms with Gasteiger partial charge in [-0.3, -0.25) is 10.1 Å². The lowest BCUT2D eigenvalue weighted by atomic mass is 10.1. The molecule has 0 saturated carbocycles. The van der Waals surface area contributed by atoms with Crippen LogP contribution >= 0.6 is 0 Å². The number of nitrogens with one attached hydrogen (secondary N) is 3. The maximum absolute atomic E-state index is 11.5. The predicted molar refractivity (Wildman–Crippen MR) is 71.3 cm³/mol. The molecule has 0 aliphatic carbocycles. The molecule has 0 saturated heterocycles. The van der Waals surface area contributed by atoms with Crippen LogP contribution in [0.4, 0.5) is 9.59 Å². The van der Waals surface area contributed by atoms with Crippen molar-refractivity contribution in [2.75, 3.05) is 20.8 Å². The maximum Gasteiger partial charge on any atom is 0.345 e. The smallest absolute Gasteiger partial charge is 0.345 e. The molecular formula is C11H20N4O5. The number of amidine groups is 1. The Balaban J connectivity index is 4.43. The molecule has 0 aromatic rings. The third kappa shape index (κ3) is 8.72. The number of aliphatic imine (C=N–C) groups is 1. The van der Waals surface area contributed by atoms with Gasteiger partial charge in [0.15, 0.2) is 0 Å². The monoisotopic (exact) mass is 288 g/mol. The summed E-state index contributed by atoms with van der Waals surface area (Å²) in [7, 11) is 2.44. The lowest BCUT2D eigenvalue weighted by molar-refractivity contribution is -0.139. The third-order valence-electron chi connectivity index (χ3n) is 1.72. The van der Waals surface area contributed by atoms with E-state index in [1.165, 1.54) is 14.2 Å². The second kappa shape index (κ2) is 7.97. The van der Waals surface area contributed by atoms with Gasteiger partial charge in [-0.05, 0) is 20.8 Å². The number of carbonyl (C=O) groups is 3. The van der Waals surface area contributed by atoms with Gasteiger partial charge in [0.05, 0.1) is 14.2 Å².